The lowest BCUT2D eigenvalue weighted by atomic mass is 9.76. The molecule has 0 aromatic carbocycles. The van der Waals surface area contributed by atoms with Gasteiger partial charge in [0.05, 0.1) is 12.6 Å². The molecule has 0 radical (unpaired) electrons. The van der Waals surface area contributed by atoms with Gasteiger partial charge in [-0.3, -0.25) is 9.69 Å². The second kappa shape index (κ2) is 8.27. The zero-order chi connectivity index (χ0) is 19.6. The Morgan fingerprint density at radius 3 is 2.67 bits per heavy atom. The minimum Gasteiger partial charge on any atom is -0.337 e. The summed E-state index contributed by atoms with van der Waals surface area (Å²) in [6.45, 7) is 10.9. The summed E-state index contributed by atoms with van der Waals surface area (Å²) in [6, 6.07) is -0.0224. The Hall–Kier alpha value is -1.47. The van der Waals surface area contributed by atoms with Crippen LogP contribution in [0.15, 0.2) is 4.52 Å². The molecule has 27 heavy (non-hydrogen) atoms. The lowest BCUT2D eigenvalue weighted by molar-refractivity contribution is -0.135. The predicted molar refractivity (Wildman–Crippen MR) is 104 cm³/mol. The van der Waals surface area contributed by atoms with E-state index in [4.69, 9.17) is 4.52 Å². The molecule has 3 heterocycles. The minimum atomic E-state index is -0.0224. The Morgan fingerprint density at radius 2 is 2.07 bits per heavy atom. The number of carbonyl (C=O) groups excluding carboxylic acids is 1. The molecule has 2 fully saturated rings. The summed E-state index contributed by atoms with van der Waals surface area (Å²) in [5.41, 5.74) is 0.304. The van der Waals surface area contributed by atoms with E-state index in [1.54, 1.807) is 4.90 Å². The molecule has 152 valence electrons. The van der Waals surface area contributed by atoms with Crippen molar-refractivity contribution in [2.75, 3.05) is 40.3 Å². The molecule has 3 rings (SSSR count). The average Bonchev–Trinajstić information content (AvgIpc) is 3.23. The van der Waals surface area contributed by atoms with Crippen LogP contribution in [0.1, 0.15) is 64.1 Å². The van der Waals surface area contributed by atoms with Crippen molar-refractivity contribution in [1.82, 2.24) is 24.8 Å². The molecule has 0 aliphatic carbocycles. The summed E-state index contributed by atoms with van der Waals surface area (Å²) in [4.78, 5) is 24.2. The van der Waals surface area contributed by atoms with Gasteiger partial charge in [-0.05, 0) is 57.8 Å². The molecule has 0 saturated carbocycles. The van der Waals surface area contributed by atoms with Gasteiger partial charge in [-0.1, -0.05) is 25.9 Å². The van der Waals surface area contributed by atoms with Gasteiger partial charge >= 0.3 is 0 Å². The first-order chi connectivity index (χ1) is 12.8. The lowest BCUT2D eigenvalue weighted by Crippen LogP contribution is -2.44. The molecular formula is C20H35N5O2. The van der Waals surface area contributed by atoms with Gasteiger partial charge in [0.15, 0.2) is 5.82 Å². The van der Waals surface area contributed by atoms with Gasteiger partial charge in [-0.15, -0.1) is 0 Å². The van der Waals surface area contributed by atoms with Crippen LogP contribution in [0.25, 0.3) is 0 Å². The van der Waals surface area contributed by atoms with Crippen LogP contribution in [0.3, 0.4) is 0 Å². The number of hydrogen-bond donors (Lipinski definition) is 0. The summed E-state index contributed by atoms with van der Waals surface area (Å²) in [6.07, 6.45) is 4.44. The Labute approximate surface area is 163 Å². The van der Waals surface area contributed by atoms with Crippen molar-refractivity contribution in [3.63, 3.8) is 0 Å². The number of rotatable bonds is 6. The minimum absolute atomic E-state index is 0.0224. The first-order valence-electron chi connectivity index (χ1n) is 10.3. The van der Waals surface area contributed by atoms with Crippen molar-refractivity contribution in [2.45, 2.75) is 65.0 Å². The number of nitrogens with zero attached hydrogens (tertiary/aromatic N) is 5. The van der Waals surface area contributed by atoms with Gasteiger partial charge in [-0.2, -0.15) is 4.98 Å². The molecule has 0 N–H and O–H groups in total. The topological polar surface area (TPSA) is 65.7 Å². The molecule has 1 atom stereocenters. The predicted octanol–water partition coefficient (Wildman–Crippen LogP) is 2.35. The number of amides is 1. The van der Waals surface area contributed by atoms with E-state index in [2.05, 4.69) is 33.9 Å². The number of piperidine rings is 1. The zero-order valence-electron chi connectivity index (χ0n) is 17.6. The highest BCUT2D eigenvalue weighted by molar-refractivity contribution is 5.82. The molecule has 1 spiro atoms. The normalized spacial score (nSPS) is 23.4. The number of likely N-dealkylation sites (tertiary alicyclic amines) is 2. The third-order valence-electron chi connectivity index (χ3n) is 6.20. The van der Waals surface area contributed by atoms with Crippen molar-refractivity contribution in [2.24, 2.45) is 5.41 Å². The fourth-order valence-electron chi connectivity index (χ4n) is 4.47. The van der Waals surface area contributed by atoms with Crippen LogP contribution in [0.4, 0.5) is 0 Å². The van der Waals surface area contributed by atoms with Gasteiger partial charge in [0, 0.05) is 19.5 Å². The van der Waals surface area contributed by atoms with Gasteiger partial charge in [0.25, 0.3) is 0 Å². The maximum absolute atomic E-state index is 13.2. The molecule has 0 unspecified atom stereocenters. The van der Waals surface area contributed by atoms with Crippen molar-refractivity contribution < 1.29 is 9.32 Å². The molecule has 7 heteroatoms. The molecule has 7 nitrogen and oxygen atoms in total. The Bertz CT molecular complexity index is 636. The average molecular weight is 378 g/mol. The molecule has 1 aromatic rings. The van der Waals surface area contributed by atoms with Crippen LogP contribution in [0.5, 0.6) is 0 Å². The summed E-state index contributed by atoms with van der Waals surface area (Å²) in [7, 11) is 4.04. The van der Waals surface area contributed by atoms with Crippen LogP contribution >= 0.6 is 0 Å². The highest BCUT2D eigenvalue weighted by atomic mass is 16.5. The lowest BCUT2D eigenvalue weighted by Gasteiger charge is -2.37. The monoisotopic (exact) mass is 377 g/mol. The van der Waals surface area contributed by atoms with E-state index in [1.165, 1.54) is 12.8 Å². The maximum atomic E-state index is 13.2. The third-order valence-corrected chi connectivity index (χ3v) is 6.20. The zero-order valence-corrected chi connectivity index (χ0v) is 17.6. The van der Waals surface area contributed by atoms with Crippen LogP contribution in [-0.4, -0.2) is 77.1 Å². The first-order valence-corrected chi connectivity index (χ1v) is 10.3. The van der Waals surface area contributed by atoms with Gasteiger partial charge < -0.3 is 14.3 Å². The van der Waals surface area contributed by atoms with Crippen LogP contribution < -0.4 is 0 Å². The molecule has 1 amide bonds. The largest absolute Gasteiger partial charge is 0.337 e. The number of likely N-dealkylation sites (N-methyl/N-ethyl adjacent to an activating group) is 1. The van der Waals surface area contributed by atoms with E-state index < -0.39 is 0 Å². The molecule has 1 aromatic heterocycles. The second-order valence-corrected chi connectivity index (χ2v) is 8.89. The van der Waals surface area contributed by atoms with E-state index in [0.717, 1.165) is 39.0 Å². The number of carbonyl (C=O) groups is 1. The summed E-state index contributed by atoms with van der Waals surface area (Å²) in [5, 5.41) is 4.01. The van der Waals surface area contributed by atoms with Crippen LogP contribution in [-0.2, 0) is 11.3 Å². The highest BCUT2D eigenvalue weighted by Gasteiger charge is 2.47. The first kappa shape index (κ1) is 20.3. The molecule has 0 bridgehead atoms. The summed E-state index contributed by atoms with van der Waals surface area (Å²) in [5.74, 6) is 1.62. The quantitative estimate of drug-likeness (QED) is 0.758. The standard InChI is InChI=1S/C20H35N5O2/c1-6-9-25-14-20(7-10-23(4)11-8-20)12-16(25)19(26)24(5)13-17-21-18(15(2)3)22-27-17/h15-16H,6-14H2,1-5H3/t16-/m1/s1. The fraction of sp³-hybridized carbons (Fsp3) is 0.850. The number of aromatic nitrogens is 2. The van der Waals surface area contributed by atoms with Crippen molar-refractivity contribution in [3.05, 3.63) is 11.7 Å². The maximum Gasteiger partial charge on any atom is 0.246 e. The Morgan fingerprint density at radius 1 is 1.37 bits per heavy atom. The van der Waals surface area contributed by atoms with Gasteiger partial charge in [0.2, 0.25) is 11.8 Å². The van der Waals surface area contributed by atoms with E-state index in [1.807, 2.05) is 20.9 Å². The summed E-state index contributed by atoms with van der Waals surface area (Å²) < 4.78 is 5.33. The SMILES string of the molecule is CCCN1CC2(CCN(C)CC2)C[C@@H]1C(=O)N(C)Cc1nc(C(C)C)no1. The number of hydrogen-bond acceptors (Lipinski definition) is 6. The Balaban J connectivity index is 1.67. The van der Waals surface area contributed by atoms with Crippen molar-refractivity contribution in [3.8, 4) is 0 Å². The van der Waals surface area contributed by atoms with E-state index >= 15 is 0 Å². The fourth-order valence-corrected chi connectivity index (χ4v) is 4.47. The van der Waals surface area contributed by atoms with E-state index in [9.17, 15) is 4.79 Å². The van der Waals surface area contributed by atoms with Crippen molar-refractivity contribution in [1.29, 1.82) is 0 Å². The van der Waals surface area contributed by atoms with E-state index in [0.29, 0.717) is 23.7 Å². The van der Waals surface area contributed by atoms with Crippen LogP contribution in [0, 0.1) is 5.41 Å². The molecule has 2 aliphatic rings. The van der Waals surface area contributed by atoms with Crippen molar-refractivity contribution >= 4 is 5.91 Å². The molecule has 2 saturated heterocycles. The smallest absolute Gasteiger partial charge is 0.246 e. The van der Waals surface area contributed by atoms with Crippen LogP contribution in [0.2, 0.25) is 0 Å². The van der Waals surface area contributed by atoms with Gasteiger partial charge in [0.1, 0.15) is 0 Å². The van der Waals surface area contributed by atoms with Gasteiger partial charge in [-0.25, -0.2) is 0 Å². The van der Waals surface area contributed by atoms with E-state index in [-0.39, 0.29) is 17.9 Å². The molecular weight excluding hydrogens is 342 g/mol. The Kier molecular flexibility index (Phi) is 6.21. The summed E-state index contributed by atoms with van der Waals surface area (Å²) >= 11 is 0. The molecule has 2 aliphatic heterocycles. The second-order valence-electron chi connectivity index (χ2n) is 8.89. The highest BCUT2D eigenvalue weighted by Crippen LogP contribution is 2.43. The third kappa shape index (κ3) is 4.51.